The fourth-order valence-electron chi connectivity index (χ4n) is 0.938. The Morgan fingerprint density at radius 3 is 2.71 bits per heavy atom. The van der Waals surface area contributed by atoms with Crippen LogP contribution in [0.3, 0.4) is 0 Å². The van der Waals surface area contributed by atoms with Crippen molar-refractivity contribution < 1.29 is 12.8 Å². The smallest absolute Gasteiger partial charge is 0.240 e. The molecule has 1 aromatic carbocycles. The highest BCUT2D eigenvalue weighted by Gasteiger charge is 2.12. The maximum absolute atomic E-state index is 11.8. The second-order valence-corrected chi connectivity index (χ2v) is 4.43. The average molecular weight is 218 g/mol. The molecular weight excluding hydrogens is 207 g/mol. The third-order valence-corrected chi connectivity index (χ3v) is 3.01. The monoisotopic (exact) mass is 218 g/mol. The minimum Gasteiger partial charge on any atom is -0.399 e. The molecule has 0 heterocycles. The SMILES string of the molecule is Nc1cccc(S(=O)(=O)NCCF)c1. The van der Waals surface area contributed by atoms with Crippen LogP contribution >= 0.6 is 0 Å². The topological polar surface area (TPSA) is 72.2 Å². The first-order valence-corrected chi connectivity index (χ1v) is 5.46. The van der Waals surface area contributed by atoms with Crippen LogP contribution in [-0.4, -0.2) is 21.6 Å². The molecule has 6 heteroatoms. The Kier molecular flexibility index (Phi) is 3.43. The molecule has 0 atom stereocenters. The van der Waals surface area contributed by atoms with Crippen molar-refractivity contribution in [1.29, 1.82) is 0 Å². The molecule has 0 unspecified atom stereocenters. The van der Waals surface area contributed by atoms with Crippen molar-refractivity contribution in [3.8, 4) is 0 Å². The molecular formula is C8H11FN2O2S. The lowest BCUT2D eigenvalue weighted by Gasteiger charge is -2.04. The molecule has 0 radical (unpaired) electrons. The van der Waals surface area contributed by atoms with Crippen LogP contribution in [0.2, 0.25) is 0 Å². The van der Waals surface area contributed by atoms with Gasteiger partial charge >= 0.3 is 0 Å². The number of nitrogens with two attached hydrogens (primary N) is 1. The summed E-state index contributed by atoms with van der Waals surface area (Å²) in [4.78, 5) is 0.0472. The molecule has 78 valence electrons. The van der Waals surface area contributed by atoms with Crippen molar-refractivity contribution in [3.63, 3.8) is 0 Å². The maximum Gasteiger partial charge on any atom is 0.240 e. The molecule has 0 aromatic heterocycles. The Labute approximate surface area is 82.0 Å². The molecule has 0 bridgehead atoms. The van der Waals surface area contributed by atoms with E-state index in [1.54, 1.807) is 6.07 Å². The molecule has 0 fully saturated rings. The Morgan fingerprint density at radius 1 is 1.43 bits per heavy atom. The molecule has 0 aliphatic rings. The van der Waals surface area contributed by atoms with Crippen molar-refractivity contribution in [2.24, 2.45) is 0 Å². The molecule has 0 spiro atoms. The zero-order valence-corrected chi connectivity index (χ0v) is 8.22. The minimum absolute atomic E-state index is 0.0472. The molecule has 14 heavy (non-hydrogen) atoms. The summed E-state index contributed by atoms with van der Waals surface area (Å²) in [6.07, 6.45) is 0. The van der Waals surface area contributed by atoms with Crippen LogP contribution in [0.25, 0.3) is 0 Å². The van der Waals surface area contributed by atoms with E-state index in [0.717, 1.165) is 0 Å². The first-order chi connectivity index (χ1) is 6.56. The fourth-order valence-corrected chi connectivity index (χ4v) is 2.00. The first-order valence-electron chi connectivity index (χ1n) is 3.97. The summed E-state index contributed by atoms with van der Waals surface area (Å²) < 4.78 is 36.7. The number of nitrogen functional groups attached to an aromatic ring is 1. The van der Waals surface area contributed by atoms with Gasteiger partial charge in [0.2, 0.25) is 10.0 Å². The van der Waals surface area contributed by atoms with E-state index in [1.165, 1.54) is 18.2 Å². The zero-order valence-electron chi connectivity index (χ0n) is 7.40. The highest BCUT2D eigenvalue weighted by molar-refractivity contribution is 7.89. The average Bonchev–Trinajstić information content (AvgIpc) is 2.15. The molecule has 0 saturated carbocycles. The number of hydrogen-bond donors (Lipinski definition) is 2. The molecule has 0 aliphatic heterocycles. The number of halogens is 1. The van der Waals surface area contributed by atoms with Crippen LogP contribution in [0.5, 0.6) is 0 Å². The standard InChI is InChI=1S/C8H11FN2O2S/c9-4-5-11-14(12,13)8-3-1-2-7(10)6-8/h1-3,6,11H,4-5,10H2. The zero-order chi connectivity index (χ0) is 10.6. The van der Waals surface area contributed by atoms with Crippen molar-refractivity contribution in [1.82, 2.24) is 4.72 Å². The number of nitrogens with one attached hydrogen (secondary N) is 1. The van der Waals surface area contributed by atoms with Gasteiger partial charge in [0.15, 0.2) is 0 Å². The van der Waals surface area contributed by atoms with Crippen LogP contribution in [0.15, 0.2) is 29.2 Å². The molecule has 0 saturated heterocycles. The van der Waals surface area contributed by atoms with Crippen LogP contribution in [0.1, 0.15) is 0 Å². The van der Waals surface area contributed by atoms with E-state index in [9.17, 15) is 12.8 Å². The van der Waals surface area contributed by atoms with Gasteiger partial charge in [-0.15, -0.1) is 0 Å². The van der Waals surface area contributed by atoms with Crippen molar-refractivity contribution in [2.75, 3.05) is 19.0 Å². The second kappa shape index (κ2) is 4.39. The van der Waals surface area contributed by atoms with Crippen molar-refractivity contribution in [3.05, 3.63) is 24.3 Å². The van der Waals surface area contributed by atoms with E-state index in [4.69, 9.17) is 5.73 Å². The van der Waals surface area contributed by atoms with Gasteiger partial charge in [-0.25, -0.2) is 17.5 Å². The minimum atomic E-state index is -3.61. The Bertz CT molecular complexity index is 406. The van der Waals surface area contributed by atoms with E-state index in [-0.39, 0.29) is 11.4 Å². The molecule has 1 aromatic rings. The van der Waals surface area contributed by atoms with Gasteiger partial charge in [-0.05, 0) is 18.2 Å². The maximum atomic E-state index is 11.8. The summed E-state index contributed by atoms with van der Waals surface area (Å²) in [6.45, 7) is -0.960. The predicted molar refractivity (Wildman–Crippen MR) is 52.0 cm³/mol. The Morgan fingerprint density at radius 2 is 2.14 bits per heavy atom. The normalized spacial score (nSPS) is 11.5. The number of sulfonamides is 1. The summed E-state index contributed by atoms with van der Waals surface area (Å²) in [5.74, 6) is 0. The number of hydrogen-bond acceptors (Lipinski definition) is 3. The van der Waals surface area contributed by atoms with E-state index >= 15 is 0 Å². The van der Waals surface area contributed by atoms with Gasteiger partial charge in [-0.2, -0.15) is 0 Å². The summed E-state index contributed by atoms with van der Waals surface area (Å²) in [5, 5.41) is 0. The third-order valence-electron chi connectivity index (χ3n) is 1.55. The van der Waals surface area contributed by atoms with Gasteiger partial charge in [0.05, 0.1) is 4.90 Å². The number of rotatable bonds is 4. The van der Waals surface area contributed by atoms with Crippen LogP contribution < -0.4 is 10.5 Å². The summed E-state index contributed by atoms with van der Waals surface area (Å²) in [7, 11) is -3.61. The second-order valence-electron chi connectivity index (χ2n) is 2.66. The van der Waals surface area contributed by atoms with Gasteiger partial charge in [0, 0.05) is 12.2 Å². The fraction of sp³-hybridized carbons (Fsp3) is 0.250. The molecule has 4 nitrogen and oxygen atoms in total. The van der Waals surface area contributed by atoms with E-state index in [0.29, 0.717) is 5.69 Å². The van der Waals surface area contributed by atoms with Crippen LogP contribution in [0, 0.1) is 0 Å². The van der Waals surface area contributed by atoms with E-state index < -0.39 is 16.7 Å². The molecule has 3 N–H and O–H groups in total. The van der Waals surface area contributed by atoms with Gasteiger partial charge in [0.25, 0.3) is 0 Å². The lowest BCUT2D eigenvalue weighted by Crippen LogP contribution is -2.25. The largest absolute Gasteiger partial charge is 0.399 e. The lowest BCUT2D eigenvalue weighted by molar-refractivity contribution is 0.486. The molecule has 0 amide bonds. The van der Waals surface area contributed by atoms with Gasteiger partial charge in [0.1, 0.15) is 6.67 Å². The van der Waals surface area contributed by atoms with Crippen molar-refractivity contribution in [2.45, 2.75) is 4.90 Å². The Balaban J connectivity index is 2.93. The van der Waals surface area contributed by atoms with Gasteiger partial charge in [-0.1, -0.05) is 6.07 Å². The van der Waals surface area contributed by atoms with E-state index in [2.05, 4.69) is 4.72 Å². The number of alkyl halides is 1. The lowest BCUT2D eigenvalue weighted by atomic mass is 10.3. The first kappa shape index (κ1) is 10.9. The molecule has 1 rings (SSSR count). The van der Waals surface area contributed by atoms with Gasteiger partial charge < -0.3 is 5.73 Å². The number of benzene rings is 1. The van der Waals surface area contributed by atoms with E-state index in [1.807, 2.05) is 0 Å². The van der Waals surface area contributed by atoms with Crippen LogP contribution in [0.4, 0.5) is 10.1 Å². The predicted octanol–water partition coefficient (Wildman–Crippen LogP) is 0.517. The highest BCUT2D eigenvalue weighted by Crippen LogP contribution is 2.11. The highest BCUT2D eigenvalue weighted by atomic mass is 32.2. The number of anilines is 1. The summed E-state index contributed by atoms with van der Waals surface area (Å²) >= 11 is 0. The quantitative estimate of drug-likeness (QED) is 0.723. The molecule has 0 aliphatic carbocycles. The third kappa shape index (κ3) is 2.68. The van der Waals surface area contributed by atoms with Gasteiger partial charge in [-0.3, -0.25) is 0 Å². The van der Waals surface area contributed by atoms with Crippen LogP contribution in [-0.2, 0) is 10.0 Å². The Hall–Kier alpha value is -1.14. The van der Waals surface area contributed by atoms with Crippen molar-refractivity contribution >= 4 is 15.7 Å². The summed E-state index contributed by atoms with van der Waals surface area (Å²) in [5.41, 5.74) is 5.77. The summed E-state index contributed by atoms with van der Waals surface area (Å²) in [6, 6.07) is 5.82.